The summed E-state index contributed by atoms with van der Waals surface area (Å²) in [5, 5.41) is 3.98. The van der Waals surface area contributed by atoms with Gasteiger partial charge in [0, 0.05) is 11.7 Å². The van der Waals surface area contributed by atoms with Gasteiger partial charge < -0.3 is 11.1 Å². The SMILES string of the molecule is CC(C)C1CCCCC1Nc1ccc(Cl)c(C(N)=O)c1. The number of carbonyl (C=O) groups excluding carboxylic acids is 1. The molecular weight excluding hydrogens is 272 g/mol. The lowest BCUT2D eigenvalue weighted by atomic mass is 9.78. The Bertz CT molecular complexity index is 487. The first kappa shape index (κ1) is 15.2. The molecule has 1 aliphatic carbocycles. The minimum Gasteiger partial charge on any atom is -0.382 e. The molecule has 20 heavy (non-hydrogen) atoms. The quantitative estimate of drug-likeness (QED) is 0.879. The van der Waals surface area contributed by atoms with E-state index in [1.165, 1.54) is 25.7 Å². The molecule has 1 aromatic carbocycles. The molecule has 0 spiro atoms. The minimum atomic E-state index is -0.484. The van der Waals surface area contributed by atoms with E-state index in [0.717, 1.165) is 5.69 Å². The number of benzene rings is 1. The Kier molecular flexibility index (Phi) is 4.92. The third kappa shape index (κ3) is 3.45. The standard InChI is InChI=1S/C16H23ClN2O/c1-10(2)12-5-3-4-6-15(12)19-11-7-8-14(17)13(9-11)16(18)20/h7-10,12,15,19H,3-6H2,1-2H3,(H2,18,20). The van der Waals surface area contributed by atoms with Crippen LogP contribution in [0.25, 0.3) is 0 Å². The number of amides is 1. The lowest BCUT2D eigenvalue weighted by molar-refractivity contribution is 0.100. The number of anilines is 1. The van der Waals surface area contributed by atoms with Crippen molar-refractivity contribution in [3.63, 3.8) is 0 Å². The normalized spacial score (nSPS) is 22.8. The molecule has 1 saturated carbocycles. The fraction of sp³-hybridized carbons (Fsp3) is 0.562. The molecule has 2 atom stereocenters. The second-order valence-electron chi connectivity index (χ2n) is 6.00. The zero-order valence-corrected chi connectivity index (χ0v) is 12.9. The fourth-order valence-corrected chi connectivity index (χ4v) is 3.37. The Hall–Kier alpha value is -1.22. The van der Waals surface area contributed by atoms with Crippen LogP contribution >= 0.6 is 11.6 Å². The van der Waals surface area contributed by atoms with E-state index in [2.05, 4.69) is 19.2 Å². The summed E-state index contributed by atoms with van der Waals surface area (Å²) in [6, 6.07) is 5.87. The molecule has 1 amide bonds. The molecule has 1 fully saturated rings. The van der Waals surface area contributed by atoms with Crippen molar-refractivity contribution in [1.29, 1.82) is 0 Å². The van der Waals surface area contributed by atoms with E-state index < -0.39 is 5.91 Å². The molecule has 0 aromatic heterocycles. The third-order valence-electron chi connectivity index (χ3n) is 4.26. The van der Waals surface area contributed by atoms with Gasteiger partial charge in [-0.25, -0.2) is 0 Å². The Balaban J connectivity index is 2.16. The average molecular weight is 295 g/mol. The van der Waals surface area contributed by atoms with Gasteiger partial charge in [-0.1, -0.05) is 38.3 Å². The molecule has 110 valence electrons. The van der Waals surface area contributed by atoms with Gasteiger partial charge in [-0.2, -0.15) is 0 Å². The highest BCUT2D eigenvalue weighted by atomic mass is 35.5. The summed E-state index contributed by atoms with van der Waals surface area (Å²) >= 11 is 5.98. The molecule has 3 N–H and O–H groups in total. The van der Waals surface area contributed by atoms with Gasteiger partial charge in [0.05, 0.1) is 10.6 Å². The molecule has 4 heteroatoms. The number of nitrogens with one attached hydrogen (secondary N) is 1. The zero-order valence-electron chi connectivity index (χ0n) is 12.2. The molecule has 0 bridgehead atoms. The zero-order chi connectivity index (χ0) is 14.7. The van der Waals surface area contributed by atoms with Gasteiger partial charge in [0.1, 0.15) is 0 Å². The van der Waals surface area contributed by atoms with E-state index in [0.29, 0.717) is 28.5 Å². The second kappa shape index (κ2) is 6.49. The van der Waals surface area contributed by atoms with Crippen LogP contribution in [0.15, 0.2) is 18.2 Å². The van der Waals surface area contributed by atoms with E-state index in [-0.39, 0.29) is 0 Å². The molecule has 0 saturated heterocycles. The maximum Gasteiger partial charge on any atom is 0.250 e. The summed E-state index contributed by atoms with van der Waals surface area (Å²) in [6.07, 6.45) is 5.02. The van der Waals surface area contributed by atoms with Gasteiger partial charge in [-0.3, -0.25) is 4.79 Å². The summed E-state index contributed by atoms with van der Waals surface area (Å²) in [7, 11) is 0. The summed E-state index contributed by atoms with van der Waals surface area (Å²) in [4.78, 5) is 11.3. The molecule has 1 aromatic rings. The first-order chi connectivity index (χ1) is 9.49. The number of hydrogen-bond donors (Lipinski definition) is 2. The lowest BCUT2D eigenvalue weighted by Crippen LogP contribution is -2.35. The van der Waals surface area contributed by atoms with Crippen molar-refractivity contribution in [1.82, 2.24) is 0 Å². The fourth-order valence-electron chi connectivity index (χ4n) is 3.15. The molecule has 0 radical (unpaired) electrons. The highest BCUT2D eigenvalue weighted by Crippen LogP contribution is 2.32. The molecule has 1 aliphatic rings. The number of rotatable bonds is 4. The van der Waals surface area contributed by atoms with Crippen molar-refractivity contribution in [2.45, 2.75) is 45.6 Å². The first-order valence-corrected chi connectivity index (χ1v) is 7.72. The van der Waals surface area contributed by atoms with Gasteiger partial charge >= 0.3 is 0 Å². The molecule has 3 nitrogen and oxygen atoms in total. The number of halogens is 1. The van der Waals surface area contributed by atoms with E-state index in [1.54, 1.807) is 12.1 Å². The van der Waals surface area contributed by atoms with E-state index in [1.807, 2.05) is 6.07 Å². The minimum absolute atomic E-state index is 0.383. The Labute approximate surface area is 125 Å². The van der Waals surface area contributed by atoms with Crippen LogP contribution < -0.4 is 11.1 Å². The first-order valence-electron chi connectivity index (χ1n) is 7.35. The monoisotopic (exact) mass is 294 g/mol. The average Bonchev–Trinajstić information content (AvgIpc) is 2.41. The predicted octanol–water partition coefficient (Wildman–Crippen LogP) is 4.07. The summed E-state index contributed by atoms with van der Waals surface area (Å²) in [5.41, 5.74) is 6.66. The van der Waals surface area contributed by atoms with Gasteiger partial charge in [-0.05, 0) is 42.9 Å². The van der Waals surface area contributed by atoms with Crippen molar-refractivity contribution in [3.05, 3.63) is 28.8 Å². The molecule has 0 aliphatic heterocycles. The Morgan fingerprint density at radius 2 is 2.05 bits per heavy atom. The largest absolute Gasteiger partial charge is 0.382 e. The third-order valence-corrected chi connectivity index (χ3v) is 4.59. The Morgan fingerprint density at radius 3 is 2.70 bits per heavy atom. The topological polar surface area (TPSA) is 55.1 Å². The van der Waals surface area contributed by atoms with Gasteiger partial charge in [0.25, 0.3) is 0 Å². The second-order valence-corrected chi connectivity index (χ2v) is 6.41. The van der Waals surface area contributed by atoms with E-state index in [4.69, 9.17) is 17.3 Å². The van der Waals surface area contributed by atoms with Gasteiger partial charge in [-0.15, -0.1) is 0 Å². The summed E-state index contributed by atoms with van der Waals surface area (Å²) in [6.45, 7) is 4.56. The number of nitrogens with two attached hydrogens (primary N) is 1. The smallest absolute Gasteiger partial charge is 0.250 e. The highest BCUT2D eigenvalue weighted by Gasteiger charge is 2.27. The molecule has 0 heterocycles. The number of primary amides is 1. The van der Waals surface area contributed by atoms with Crippen LogP contribution in [0, 0.1) is 11.8 Å². The highest BCUT2D eigenvalue weighted by molar-refractivity contribution is 6.33. The summed E-state index contributed by atoms with van der Waals surface area (Å²) < 4.78 is 0. The van der Waals surface area contributed by atoms with Crippen LogP contribution in [-0.4, -0.2) is 11.9 Å². The van der Waals surface area contributed by atoms with E-state index >= 15 is 0 Å². The van der Waals surface area contributed by atoms with Crippen LogP contribution in [0.4, 0.5) is 5.69 Å². The van der Waals surface area contributed by atoms with E-state index in [9.17, 15) is 4.79 Å². The van der Waals surface area contributed by atoms with Crippen LogP contribution in [-0.2, 0) is 0 Å². The van der Waals surface area contributed by atoms with Gasteiger partial charge in [0.2, 0.25) is 5.91 Å². The molecule has 2 unspecified atom stereocenters. The van der Waals surface area contributed by atoms with Crippen LogP contribution in [0.3, 0.4) is 0 Å². The number of carbonyl (C=O) groups is 1. The van der Waals surface area contributed by atoms with Crippen LogP contribution in [0.1, 0.15) is 49.9 Å². The Morgan fingerprint density at radius 1 is 1.35 bits per heavy atom. The predicted molar refractivity (Wildman–Crippen MR) is 84.2 cm³/mol. The van der Waals surface area contributed by atoms with Crippen molar-refractivity contribution in [3.8, 4) is 0 Å². The number of hydrogen-bond acceptors (Lipinski definition) is 2. The van der Waals surface area contributed by atoms with Gasteiger partial charge in [0.15, 0.2) is 0 Å². The maximum absolute atomic E-state index is 11.3. The summed E-state index contributed by atoms with van der Waals surface area (Å²) in [5.74, 6) is 0.856. The van der Waals surface area contributed by atoms with Crippen LogP contribution in [0.5, 0.6) is 0 Å². The molecule has 2 rings (SSSR count). The van der Waals surface area contributed by atoms with Crippen molar-refractivity contribution < 1.29 is 4.79 Å². The van der Waals surface area contributed by atoms with Crippen molar-refractivity contribution >= 4 is 23.2 Å². The lowest BCUT2D eigenvalue weighted by Gasteiger charge is -2.35. The maximum atomic E-state index is 11.3. The van der Waals surface area contributed by atoms with Crippen molar-refractivity contribution in [2.24, 2.45) is 17.6 Å². The van der Waals surface area contributed by atoms with Crippen LogP contribution in [0.2, 0.25) is 5.02 Å². The molecular formula is C16H23ClN2O. The van der Waals surface area contributed by atoms with Crippen molar-refractivity contribution in [2.75, 3.05) is 5.32 Å².